The molecule has 1 aromatic carbocycles. The third-order valence-corrected chi connectivity index (χ3v) is 5.37. The highest BCUT2D eigenvalue weighted by Gasteiger charge is 2.28. The lowest BCUT2D eigenvalue weighted by atomic mass is 9.93. The maximum atomic E-state index is 12.8. The Kier molecular flexibility index (Phi) is 6.35. The number of carbonyl (C=O) groups excluding carboxylic acids is 1. The van der Waals surface area contributed by atoms with E-state index in [2.05, 4.69) is 25.3 Å². The third-order valence-electron chi connectivity index (χ3n) is 5.37. The van der Waals surface area contributed by atoms with Crippen molar-refractivity contribution in [3.05, 3.63) is 66.4 Å². The van der Waals surface area contributed by atoms with Crippen molar-refractivity contribution in [2.24, 2.45) is 0 Å². The number of piperidine rings is 1. The van der Waals surface area contributed by atoms with Crippen molar-refractivity contribution in [3.8, 4) is 5.75 Å². The van der Waals surface area contributed by atoms with Gasteiger partial charge in [0.2, 0.25) is 5.95 Å². The molecule has 1 atom stereocenters. The van der Waals surface area contributed by atoms with Gasteiger partial charge in [0.1, 0.15) is 5.75 Å². The van der Waals surface area contributed by atoms with Gasteiger partial charge in [-0.15, -0.1) is 0 Å². The second-order valence-electron chi connectivity index (χ2n) is 7.70. The minimum atomic E-state index is -0.516. The van der Waals surface area contributed by atoms with E-state index in [9.17, 15) is 4.79 Å². The topological polar surface area (TPSA) is 93.1 Å². The summed E-state index contributed by atoms with van der Waals surface area (Å²) in [6.45, 7) is 5.17. The molecule has 1 saturated heterocycles. The molecule has 1 unspecified atom stereocenters. The fraction of sp³-hybridized carbons (Fsp3) is 0.348. The molecule has 1 amide bonds. The number of rotatable bonds is 6. The lowest BCUT2D eigenvalue weighted by Crippen LogP contribution is -2.44. The van der Waals surface area contributed by atoms with Gasteiger partial charge in [-0.1, -0.05) is 17.7 Å². The molecule has 3 aromatic rings. The zero-order valence-corrected chi connectivity index (χ0v) is 17.7. The largest absolute Gasteiger partial charge is 0.481 e. The van der Waals surface area contributed by atoms with Gasteiger partial charge in [0, 0.05) is 37.6 Å². The zero-order valence-electron chi connectivity index (χ0n) is 17.7. The highest BCUT2D eigenvalue weighted by molar-refractivity contribution is 5.81. The molecule has 1 fully saturated rings. The first kappa shape index (κ1) is 20.7. The van der Waals surface area contributed by atoms with Gasteiger partial charge < -0.3 is 15.0 Å². The Morgan fingerprint density at radius 3 is 2.55 bits per heavy atom. The Balaban J connectivity index is 1.32. The lowest BCUT2D eigenvalue weighted by molar-refractivity contribution is -0.139. The van der Waals surface area contributed by atoms with Crippen LogP contribution >= 0.6 is 0 Å². The van der Waals surface area contributed by atoms with Crippen LogP contribution in [0.2, 0.25) is 0 Å². The van der Waals surface area contributed by atoms with E-state index in [0.717, 1.165) is 24.1 Å². The Morgan fingerprint density at radius 2 is 1.84 bits per heavy atom. The van der Waals surface area contributed by atoms with Crippen LogP contribution in [0.15, 0.2) is 55.1 Å². The molecule has 0 bridgehead atoms. The average molecular weight is 419 g/mol. The van der Waals surface area contributed by atoms with Gasteiger partial charge in [-0.25, -0.2) is 15.0 Å². The summed E-state index contributed by atoms with van der Waals surface area (Å²) in [5.74, 6) is 2.08. The number of likely N-dealkylation sites (tertiary alicyclic amines) is 1. The summed E-state index contributed by atoms with van der Waals surface area (Å²) in [7, 11) is 0. The highest BCUT2D eigenvalue weighted by atomic mass is 16.5. The van der Waals surface area contributed by atoms with Crippen molar-refractivity contribution in [1.82, 2.24) is 24.8 Å². The van der Waals surface area contributed by atoms with E-state index in [4.69, 9.17) is 4.74 Å². The number of ether oxygens (including phenoxy) is 1. The van der Waals surface area contributed by atoms with Crippen LogP contribution in [-0.4, -0.2) is 49.9 Å². The number of carbonyl (C=O) groups is 1. The van der Waals surface area contributed by atoms with Gasteiger partial charge in [-0.05, 0) is 44.9 Å². The molecule has 0 radical (unpaired) electrons. The smallest absolute Gasteiger partial charge is 0.263 e. The van der Waals surface area contributed by atoms with Crippen molar-refractivity contribution < 1.29 is 9.53 Å². The van der Waals surface area contributed by atoms with Crippen LogP contribution in [0.5, 0.6) is 5.75 Å². The van der Waals surface area contributed by atoms with Crippen LogP contribution in [0.4, 0.5) is 11.8 Å². The van der Waals surface area contributed by atoms with E-state index in [1.165, 1.54) is 0 Å². The van der Waals surface area contributed by atoms with Crippen LogP contribution in [0.1, 0.15) is 36.9 Å². The molecule has 31 heavy (non-hydrogen) atoms. The number of hydrogen-bond donors (Lipinski definition) is 1. The molecule has 0 spiro atoms. The molecule has 1 N–H and O–H groups in total. The summed E-state index contributed by atoms with van der Waals surface area (Å²) in [6.07, 6.45) is 7.94. The zero-order chi connectivity index (χ0) is 21.6. The van der Waals surface area contributed by atoms with Crippen LogP contribution < -0.4 is 10.1 Å². The van der Waals surface area contributed by atoms with Crippen molar-refractivity contribution in [2.75, 3.05) is 18.4 Å². The maximum Gasteiger partial charge on any atom is 0.263 e. The fourth-order valence-electron chi connectivity index (χ4n) is 3.64. The summed E-state index contributed by atoms with van der Waals surface area (Å²) in [4.78, 5) is 32.0. The van der Waals surface area contributed by atoms with Gasteiger partial charge >= 0.3 is 0 Å². The highest BCUT2D eigenvalue weighted by Crippen LogP contribution is 2.28. The number of hydrogen-bond acceptors (Lipinski definition) is 7. The van der Waals surface area contributed by atoms with Gasteiger partial charge in [0.15, 0.2) is 11.9 Å². The fourth-order valence-corrected chi connectivity index (χ4v) is 3.64. The predicted octanol–water partition coefficient (Wildman–Crippen LogP) is 3.49. The number of nitrogens with one attached hydrogen (secondary N) is 1. The first-order valence-electron chi connectivity index (χ1n) is 10.5. The second kappa shape index (κ2) is 9.51. The predicted molar refractivity (Wildman–Crippen MR) is 117 cm³/mol. The average Bonchev–Trinajstić information content (AvgIpc) is 2.81. The first-order chi connectivity index (χ1) is 15.1. The van der Waals surface area contributed by atoms with Gasteiger partial charge in [-0.3, -0.25) is 9.78 Å². The number of nitrogens with zero attached hydrogens (tertiary/aromatic N) is 5. The van der Waals surface area contributed by atoms with Crippen LogP contribution in [0.25, 0.3) is 0 Å². The first-order valence-corrected chi connectivity index (χ1v) is 10.5. The molecule has 8 nitrogen and oxygen atoms in total. The Hall–Kier alpha value is -3.55. The van der Waals surface area contributed by atoms with Crippen LogP contribution in [0.3, 0.4) is 0 Å². The monoisotopic (exact) mass is 418 g/mol. The minimum absolute atomic E-state index is 0.0155. The minimum Gasteiger partial charge on any atom is -0.481 e. The van der Waals surface area contributed by atoms with E-state index >= 15 is 0 Å². The van der Waals surface area contributed by atoms with Crippen LogP contribution in [-0.2, 0) is 4.79 Å². The standard InChI is InChI=1S/C23H26N6O2/c1-16-4-6-19(7-5-16)31-17(2)22(30)29-12-8-18(9-13-29)20-14-24-15-21(27-20)28-23-25-10-3-11-26-23/h3-7,10-11,14-15,17-18H,8-9,12-13H2,1-2H3,(H,25,26,27,28). The Bertz CT molecular complexity index is 1000. The van der Waals surface area contributed by atoms with Gasteiger partial charge in [0.25, 0.3) is 5.91 Å². The molecule has 1 aliphatic heterocycles. The van der Waals surface area contributed by atoms with Crippen molar-refractivity contribution in [1.29, 1.82) is 0 Å². The molecule has 2 aromatic heterocycles. The normalized spacial score (nSPS) is 15.4. The summed E-state index contributed by atoms with van der Waals surface area (Å²) >= 11 is 0. The quantitative estimate of drug-likeness (QED) is 0.655. The van der Waals surface area contributed by atoms with E-state index in [0.29, 0.717) is 30.6 Å². The molecule has 1 aliphatic rings. The second-order valence-corrected chi connectivity index (χ2v) is 7.70. The van der Waals surface area contributed by atoms with Gasteiger partial charge in [-0.2, -0.15) is 0 Å². The summed E-state index contributed by atoms with van der Waals surface area (Å²) < 4.78 is 5.83. The number of amides is 1. The maximum absolute atomic E-state index is 12.8. The number of anilines is 2. The Morgan fingerprint density at radius 1 is 1.13 bits per heavy atom. The lowest BCUT2D eigenvalue weighted by Gasteiger charge is -2.33. The molecule has 8 heteroatoms. The van der Waals surface area contributed by atoms with E-state index in [1.807, 2.05) is 36.1 Å². The molecular formula is C23H26N6O2. The SMILES string of the molecule is Cc1ccc(OC(C)C(=O)N2CCC(c3cncc(Nc4ncccn4)n3)CC2)cc1. The molecule has 0 saturated carbocycles. The summed E-state index contributed by atoms with van der Waals surface area (Å²) in [5, 5.41) is 3.08. The molecular weight excluding hydrogens is 392 g/mol. The molecule has 160 valence electrons. The number of benzene rings is 1. The number of aryl methyl sites for hydroxylation is 1. The summed E-state index contributed by atoms with van der Waals surface area (Å²) in [5.41, 5.74) is 2.07. The summed E-state index contributed by atoms with van der Waals surface area (Å²) in [6, 6.07) is 9.50. The van der Waals surface area contributed by atoms with E-state index in [-0.39, 0.29) is 11.8 Å². The van der Waals surface area contributed by atoms with E-state index in [1.54, 1.807) is 37.8 Å². The van der Waals surface area contributed by atoms with E-state index < -0.39 is 6.10 Å². The van der Waals surface area contributed by atoms with Gasteiger partial charge in [0.05, 0.1) is 11.9 Å². The molecule has 3 heterocycles. The molecule has 4 rings (SSSR count). The van der Waals surface area contributed by atoms with Crippen molar-refractivity contribution in [3.63, 3.8) is 0 Å². The van der Waals surface area contributed by atoms with Crippen molar-refractivity contribution in [2.45, 2.75) is 38.7 Å². The molecule has 0 aliphatic carbocycles. The van der Waals surface area contributed by atoms with Crippen molar-refractivity contribution >= 4 is 17.7 Å². The number of aromatic nitrogens is 4. The third kappa shape index (κ3) is 5.33. The Labute approximate surface area is 181 Å². The van der Waals surface area contributed by atoms with Crippen LogP contribution in [0, 0.1) is 6.92 Å².